The van der Waals surface area contributed by atoms with Gasteiger partial charge in [0.1, 0.15) is 0 Å². The molecule has 0 spiro atoms. The largest absolute Gasteiger partial charge is 0.378 e. The average molecular weight is 424 g/mol. The molecule has 0 atom stereocenters. The van der Waals surface area contributed by atoms with Crippen molar-refractivity contribution in [3.8, 4) is 5.69 Å². The van der Waals surface area contributed by atoms with E-state index in [-0.39, 0.29) is 17.2 Å². The number of amides is 1. The minimum atomic E-state index is -0.126. The highest BCUT2D eigenvalue weighted by atomic mass is 32.2. The highest BCUT2D eigenvalue weighted by Gasteiger charge is 2.19. The topological polar surface area (TPSA) is 64.4 Å². The number of benzene rings is 2. The van der Waals surface area contributed by atoms with Crippen LogP contribution in [0.3, 0.4) is 0 Å². The van der Waals surface area contributed by atoms with E-state index in [1.807, 2.05) is 42.5 Å². The third kappa shape index (κ3) is 4.27. The maximum atomic E-state index is 13.3. The molecular formula is C23H25N3O3S. The van der Waals surface area contributed by atoms with Crippen LogP contribution < -0.4 is 5.56 Å². The number of ether oxygens (including phenoxy) is 1. The van der Waals surface area contributed by atoms with Gasteiger partial charge in [-0.05, 0) is 35.7 Å². The molecule has 1 aliphatic heterocycles. The van der Waals surface area contributed by atoms with E-state index < -0.39 is 0 Å². The van der Waals surface area contributed by atoms with E-state index >= 15 is 0 Å². The van der Waals surface area contributed by atoms with Gasteiger partial charge < -0.3 is 9.64 Å². The first-order chi connectivity index (χ1) is 14.5. The van der Waals surface area contributed by atoms with Crippen LogP contribution in [-0.4, -0.2) is 52.4 Å². The van der Waals surface area contributed by atoms with Crippen LogP contribution in [0.5, 0.6) is 0 Å². The number of hydrogen-bond donors (Lipinski definition) is 0. The molecule has 0 radical (unpaired) electrons. The van der Waals surface area contributed by atoms with E-state index in [9.17, 15) is 9.59 Å². The predicted molar refractivity (Wildman–Crippen MR) is 120 cm³/mol. The van der Waals surface area contributed by atoms with E-state index in [4.69, 9.17) is 9.72 Å². The molecule has 1 saturated heterocycles. The summed E-state index contributed by atoms with van der Waals surface area (Å²) in [4.78, 5) is 32.5. The molecule has 156 valence electrons. The van der Waals surface area contributed by atoms with Gasteiger partial charge in [-0.15, -0.1) is 0 Å². The molecule has 2 heterocycles. The van der Waals surface area contributed by atoms with Crippen LogP contribution >= 0.6 is 11.8 Å². The minimum Gasteiger partial charge on any atom is -0.378 e. The first-order valence-electron chi connectivity index (χ1n) is 10.1. The summed E-state index contributed by atoms with van der Waals surface area (Å²) in [6.07, 6.45) is 0. The predicted octanol–water partition coefficient (Wildman–Crippen LogP) is 3.46. The third-order valence-electron chi connectivity index (χ3n) is 5.25. The Morgan fingerprint density at radius 2 is 1.80 bits per heavy atom. The number of morpholine rings is 1. The number of rotatable bonds is 5. The maximum absolute atomic E-state index is 13.3. The molecule has 0 N–H and O–H groups in total. The van der Waals surface area contributed by atoms with Crippen LogP contribution in [0.2, 0.25) is 0 Å². The van der Waals surface area contributed by atoms with Crippen molar-refractivity contribution in [1.29, 1.82) is 0 Å². The zero-order chi connectivity index (χ0) is 21.1. The minimum absolute atomic E-state index is 0.0346. The molecule has 2 aromatic carbocycles. The number of carbonyl (C=O) groups is 1. The molecule has 3 aromatic rings. The van der Waals surface area contributed by atoms with Crippen molar-refractivity contribution in [1.82, 2.24) is 14.5 Å². The van der Waals surface area contributed by atoms with Crippen LogP contribution in [0, 0.1) is 0 Å². The number of hydrogen-bond acceptors (Lipinski definition) is 5. The number of fused-ring (bicyclic) bond motifs is 1. The monoisotopic (exact) mass is 423 g/mol. The lowest BCUT2D eigenvalue weighted by Crippen LogP contribution is -2.41. The molecule has 0 aliphatic carbocycles. The zero-order valence-corrected chi connectivity index (χ0v) is 18.0. The molecular weight excluding hydrogens is 398 g/mol. The van der Waals surface area contributed by atoms with Crippen LogP contribution in [0.1, 0.15) is 25.3 Å². The number of thioether (sulfide) groups is 1. The van der Waals surface area contributed by atoms with E-state index in [0.717, 1.165) is 5.69 Å². The van der Waals surface area contributed by atoms with Crippen molar-refractivity contribution in [2.24, 2.45) is 0 Å². The highest BCUT2D eigenvalue weighted by molar-refractivity contribution is 7.99. The standard InChI is InChI=1S/C23H25N3O3S/c1-16(2)17-7-9-18(10-8-17)26-22(28)19-5-3-4-6-20(19)24-23(26)30-15-21(27)25-11-13-29-14-12-25/h3-10,16H,11-15H2,1-2H3. The Kier molecular flexibility index (Phi) is 6.20. The highest BCUT2D eigenvalue weighted by Crippen LogP contribution is 2.23. The Hall–Kier alpha value is -2.64. The molecule has 1 amide bonds. The van der Waals surface area contributed by atoms with Gasteiger partial charge in [-0.25, -0.2) is 4.98 Å². The maximum Gasteiger partial charge on any atom is 0.266 e. The second-order valence-electron chi connectivity index (χ2n) is 7.58. The van der Waals surface area contributed by atoms with Gasteiger partial charge >= 0.3 is 0 Å². The first-order valence-corrected chi connectivity index (χ1v) is 11.1. The van der Waals surface area contributed by atoms with Crippen molar-refractivity contribution >= 4 is 28.6 Å². The molecule has 1 aliphatic rings. The summed E-state index contributed by atoms with van der Waals surface area (Å²) in [7, 11) is 0. The molecule has 0 saturated carbocycles. The lowest BCUT2D eigenvalue weighted by Gasteiger charge is -2.26. The summed E-state index contributed by atoms with van der Waals surface area (Å²) in [6.45, 7) is 6.62. The van der Waals surface area contributed by atoms with Crippen LogP contribution in [0.15, 0.2) is 58.5 Å². The van der Waals surface area contributed by atoms with Gasteiger partial charge in [0, 0.05) is 13.1 Å². The third-order valence-corrected chi connectivity index (χ3v) is 6.17. The number of nitrogens with zero attached hydrogens (tertiary/aromatic N) is 3. The summed E-state index contributed by atoms with van der Waals surface area (Å²) < 4.78 is 6.94. The van der Waals surface area contributed by atoms with E-state index in [2.05, 4.69) is 13.8 Å². The van der Waals surface area contributed by atoms with Gasteiger partial charge in [0.25, 0.3) is 5.56 Å². The first kappa shape index (κ1) is 20.6. The summed E-state index contributed by atoms with van der Waals surface area (Å²) in [5, 5.41) is 1.09. The summed E-state index contributed by atoms with van der Waals surface area (Å²) in [6, 6.07) is 15.3. The Labute approximate surface area is 179 Å². The van der Waals surface area contributed by atoms with Crippen molar-refractivity contribution in [3.63, 3.8) is 0 Å². The average Bonchev–Trinajstić information content (AvgIpc) is 2.78. The van der Waals surface area contributed by atoms with Gasteiger partial charge in [-0.1, -0.05) is 49.9 Å². The molecule has 1 fully saturated rings. The Morgan fingerprint density at radius 3 is 2.50 bits per heavy atom. The van der Waals surface area contributed by atoms with Crippen molar-refractivity contribution in [2.75, 3.05) is 32.1 Å². The Bertz CT molecular complexity index is 1100. The van der Waals surface area contributed by atoms with Gasteiger partial charge in [-0.2, -0.15) is 0 Å². The second kappa shape index (κ2) is 9.02. The quantitative estimate of drug-likeness (QED) is 0.465. The number of aromatic nitrogens is 2. The van der Waals surface area contributed by atoms with Crippen molar-refractivity contribution in [3.05, 3.63) is 64.4 Å². The molecule has 0 unspecified atom stereocenters. The lowest BCUT2D eigenvalue weighted by molar-refractivity contribution is -0.132. The lowest BCUT2D eigenvalue weighted by atomic mass is 10.0. The molecule has 30 heavy (non-hydrogen) atoms. The van der Waals surface area contributed by atoms with E-state index in [1.165, 1.54) is 17.3 Å². The molecule has 6 nitrogen and oxygen atoms in total. The van der Waals surface area contributed by atoms with Gasteiger partial charge in [0.15, 0.2) is 5.16 Å². The van der Waals surface area contributed by atoms with Gasteiger partial charge in [-0.3, -0.25) is 14.2 Å². The smallest absolute Gasteiger partial charge is 0.266 e. The van der Waals surface area contributed by atoms with E-state index in [1.54, 1.807) is 15.5 Å². The number of para-hydroxylation sites is 1. The molecule has 4 rings (SSSR count). The zero-order valence-electron chi connectivity index (χ0n) is 17.2. The SMILES string of the molecule is CC(C)c1ccc(-n2c(SCC(=O)N3CCOCC3)nc3ccccc3c2=O)cc1. The fraction of sp³-hybridized carbons (Fsp3) is 0.348. The summed E-state index contributed by atoms with van der Waals surface area (Å²) in [5.74, 6) is 0.674. The summed E-state index contributed by atoms with van der Waals surface area (Å²) >= 11 is 1.30. The van der Waals surface area contributed by atoms with Crippen LogP contribution in [-0.2, 0) is 9.53 Å². The fourth-order valence-electron chi connectivity index (χ4n) is 3.48. The Balaban J connectivity index is 1.71. The van der Waals surface area contributed by atoms with E-state index in [0.29, 0.717) is 48.3 Å². The summed E-state index contributed by atoms with van der Waals surface area (Å²) in [5.41, 5.74) is 2.47. The second-order valence-corrected chi connectivity index (χ2v) is 8.52. The van der Waals surface area contributed by atoms with Crippen molar-refractivity contribution < 1.29 is 9.53 Å². The van der Waals surface area contributed by atoms with Crippen molar-refractivity contribution in [2.45, 2.75) is 24.9 Å². The molecule has 1 aromatic heterocycles. The van der Waals surface area contributed by atoms with Crippen LogP contribution in [0.25, 0.3) is 16.6 Å². The number of carbonyl (C=O) groups excluding carboxylic acids is 1. The van der Waals surface area contributed by atoms with Crippen LogP contribution in [0.4, 0.5) is 0 Å². The molecule has 7 heteroatoms. The molecule has 0 bridgehead atoms. The Morgan fingerprint density at radius 1 is 1.10 bits per heavy atom. The fourth-order valence-corrected chi connectivity index (χ4v) is 4.39. The van der Waals surface area contributed by atoms with Gasteiger partial charge in [0.2, 0.25) is 5.91 Å². The normalized spacial score (nSPS) is 14.4. The van der Waals surface area contributed by atoms with Gasteiger partial charge in [0.05, 0.1) is 35.6 Å².